The average Bonchev–Trinajstić information content (AvgIpc) is 3.83. The summed E-state index contributed by atoms with van der Waals surface area (Å²) in [5.74, 6) is 0.863. The molecule has 0 amide bonds. The second-order valence-electron chi connectivity index (χ2n) is 23.6. The molecule has 30 unspecified atom stereocenters. The molecule has 3 saturated carbocycles. The lowest BCUT2D eigenvalue weighted by Crippen LogP contribution is -2.66. The molecule has 0 spiro atoms. The molecule has 0 aromatic heterocycles. The van der Waals surface area contributed by atoms with E-state index >= 15 is 0 Å². The van der Waals surface area contributed by atoms with Gasteiger partial charge in [-0.3, -0.25) is 0 Å². The third-order valence-corrected chi connectivity index (χ3v) is 19.4. The van der Waals surface area contributed by atoms with Crippen LogP contribution in [0.1, 0.15) is 92.4 Å². The SMILES string of the molecule is COC1(CCC(C)COC2OC(CO)C(O)C(O)C2O)OC2CC3C4CC=C5CC(OC6OC(CO)C(O)C(OC7OCC(O)C(O)C7O)C6OC6OC(C)C(O)C(O)C6O)CCC5(C)C4CCC3(C)C2C1C. The Morgan fingerprint density at radius 2 is 1.36 bits per heavy atom. The van der Waals surface area contributed by atoms with Crippen LogP contribution in [0, 0.1) is 46.3 Å². The monoisotopic (exact) mass is 1050 g/mol. The Balaban J connectivity index is 0.864. The predicted octanol–water partition coefficient (Wildman–Crippen LogP) is -1.71. The molecule has 73 heavy (non-hydrogen) atoms. The van der Waals surface area contributed by atoms with Crippen LogP contribution in [0.4, 0.5) is 0 Å². The van der Waals surface area contributed by atoms with Crippen LogP contribution in [0.5, 0.6) is 0 Å². The summed E-state index contributed by atoms with van der Waals surface area (Å²) >= 11 is 0. The molecule has 8 fully saturated rings. The molecule has 9 rings (SSSR count). The van der Waals surface area contributed by atoms with Crippen molar-refractivity contribution in [3.8, 4) is 0 Å². The van der Waals surface area contributed by atoms with Crippen molar-refractivity contribution in [2.24, 2.45) is 46.3 Å². The summed E-state index contributed by atoms with van der Waals surface area (Å²) in [6.07, 6.45) is -18.5. The summed E-state index contributed by atoms with van der Waals surface area (Å²) in [7, 11) is 1.72. The van der Waals surface area contributed by atoms with E-state index in [1.54, 1.807) is 7.11 Å². The lowest BCUT2D eigenvalue weighted by atomic mass is 9.47. The molecule has 9 aliphatic rings. The third-order valence-electron chi connectivity index (χ3n) is 19.4. The first-order chi connectivity index (χ1) is 34.6. The van der Waals surface area contributed by atoms with E-state index in [0.29, 0.717) is 43.4 Å². The Kier molecular flexibility index (Phi) is 17.2. The molecular weight excluding hydrogens is 965 g/mol. The van der Waals surface area contributed by atoms with Gasteiger partial charge in [0.2, 0.25) is 0 Å². The highest BCUT2D eigenvalue weighted by atomic mass is 16.8. The van der Waals surface area contributed by atoms with Crippen LogP contribution in [-0.2, 0) is 47.4 Å². The molecule has 4 aliphatic carbocycles. The van der Waals surface area contributed by atoms with Crippen molar-refractivity contribution in [1.29, 1.82) is 0 Å². The highest BCUT2D eigenvalue weighted by Crippen LogP contribution is 2.70. The van der Waals surface area contributed by atoms with Gasteiger partial charge in [0.25, 0.3) is 0 Å². The molecule has 12 N–H and O–H groups in total. The number of fused-ring (bicyclic) bond motifs is 7. The van der Waals surface area contributed by atoms with E-state index < -0.39 is 148 Å². The Morgan fingerprint density at radius 1 is 0.699 bits per heavy atom. The van der Waals surface area contributed by atoms with Gasteiger partial charge in [-0.15, -0.1) is 0 Å². The second kappa shape index (κ2) is 22.2. The van der Waals surface area contributed by atoms with Crippen molar-refractivity contribution in [3.63, 3.8) is 0 Å². The normalized spacial score (nSPS) is 54.5. The molecule has 22 nitrogen and oxygen atoms in total. The molecule has 5 saturated heterocycles. The van der Waals surface area contributed by atoms with Crippen molar-refractivity contribution >= 4 is 0 Å². The number of rotatable bonds is 15. The summed E-state index contributed by atoms with van der Waals surface area (Å²) in [6, 6.07) is 0. The quantitative estimate of drug-likeness (QED) is 0.0813. The van der Waals surface area contributed by atoms with Gasteiger partial charge in [-0.1, -0.05) is 39.3 Å². The van der Waals surface area contributed by atoms with E-state index in [2.05, 4.69) is 26.8 Å². The minimum atomic E-state index is -1.75. The van der Waals surface area contributed by atoms with Crippen molar-refractivity contribution in [1.82, 2.24) is 0 Å². The molecule has 420 valence electrons. The summed E-state index contributed by atoms with van der Waals surface area (Å²) in [6.45, 7) is 9.21. The maximum Gasteiger partial charge on any atom is 0.187 e. The van der Waals surface area contributed by atoms with E-state index in [1.807, 2.05) is 6.92 Å². The average molecular weight is 1050 g/mol. The molecule has 5 heterocycles. The zero-order valence-electron chi connectivity index (χ0n) is 42.8. The van der Waals surface area contributed by atoms with Crippen LogP contribution in [0.3, 0.4) is 0 Å². The molecule has 0 aromatic carbocycles. The zero-order valence-corrected chi connectivity index (χ0v) is 42.8. The van der Waals surface area contributed by atoms with Crippen LogP contribution in [0.2, 0.25) is 0 Å². The molecule has 22 heteroatoms. The molecule has 5 aliphatic heterocycles. The fourth-order valence-electron chi connectivity index (χ4n) is 15.0. The van der Waals surface area contributed by atoms with Gasteiger partial charge in [0.05, 0.1) is 44.7 Å². The number of aliphatic hydroxyl groups excluding tert-OH is 12. The van der Waals surface area contributed by atoms with Crippen LogP contribution >= 0.6 is 0 Å². The van der Waals surface area contributed by atoms with Gasteiger partial charge in [-0.2, -0.15) is 0 Å². The first-order valence-corrected chi connectivity index (χ1v) is 26.7. The predicted molar refractivity (Wildman–Crippen MR) is 249 cm³/mol. The van der Waals surface area contributed by atoms with Crippen LogP contribution < -0.4 is 0 Å². The van der Waals surface area contributed by atoms with Gasteiger partial charge in [-0.05, 0) is 98.7 Å². The zero-order chi connectivity index (χ0) is 52.6. The molecular formula is C51H84O22. The van der Waals surface area contributed by atoms with Crippen LogP contribution in [-0.4, -0.2) is 230 Å². The van der Waals surface area contributed by atoms with Crippen molar-refractivity contribution in [2.75, 3.05) is 33.5 Å². The standard InChI is InChI=1S/C51H84O22/c1-21(19-65-45-41(62)39(60)36(57)31(17-52)69-45)9-14-51(64-6)22(2)33-30(73-51)16-28-26-8-7-24-15-25(10-12-49(24,4)27(26)11-13-50(28,33)5)68-48-44(72-47-42(63)38(59)34(55)23(3)67-47)43(37(58)32(18-53)70-48)71-46-40(61)35(56)29(54)20-66-46/h7,21-23,25-48,52-63H,8-20H2,1-6H3. The van der Waals surface area contributed by atoms with Gasteiger partial charge in [-0.25, -0.2) is 0 Å². The van der Waals surface area contributed by atoms with Crippen molar-refractivity contribution < 1.29 is 109 Å². The largest absolute Gasteiger partial charge is 0.394 e. The molecule has 0 aromatic rings. The Bertz CT molecular complexity index is 1880. The van der Waals surface area contributed by atoms with Gasteiger partial charge in [0.15, 0.2) is 30.9 Å². The fraction of sp³-hybridized carbons (Fsp3) is 0.961. The Hall–Kier alpha value is -1.14. The second-order valence-corrected chi connectivity index (χ2v) is 23.6. The third kappa shape index (κ3) is 10.2. The molecule has 0 radical (unpaired) electrons. The number of methoxy groups -OCH3 is 1. The summed E-state index contributed by atoms with van der Waals surface area (Å²) in [5.41, 5.74) is 1.18. The smallest absolute Gasteiger partial charge is 0.187 e. The van der Waals surface area contributed by atoms with Crippen molar-refractivity contribution in [3.05, 3.63) is 11.6 Å². The first kappa shape index (κ1) is 56.6. The van der Waals surface area contributed by atoms with Gasteiger partial charge < -0.3 is 109 Å². The first-order valence-electron chi connectivity index (χ1n) is 26.7. The topological polar surface area (TPSA) is 335 Å². The number of aliphatic hydroxyl groups is 12. The van der Waals surface area contributed by atoms with Crippen LogP contribution in [0.15, 0.2) is 11.6 Å². The highest BCUT2D eigenvalue weighted by Gasteiger charge is 2.68. The van der Waals surface area contributed by atoms with Gasteiger partial charge >= 0.3 is 0 Å². The van der Waals surface area contributed by atoms with Crippen molar-refractivity contribution in [2.45, 2.75) is 227 Å². The molecule has 30 atom stereocenters. The van der Waals surface area contributed by atoms with Gasteiger partial charge in [0, 0.05) is 19.4 Å². The Morgan fingerprint density at radius 3 is 2.07 bits per heavy atom. The maximum atomic E-state index is 11.6. The number of ether oxygens (including phenoxy) is 10. The van der Waals surface area contributed by atoms with E-state index in [4.69, 9.17) is 47.4 Å². The number of hydrogen-bond acceptors (Lipinski definition) is 22. The fourth-order valence-corrected chi connectivity index (χ4v) is 15.0. The summed E-state index contributed by atoms with van der Waals surface area (Å²) < 4.78 is 61.5. The van der Waals surface area contributed by atoms with Crippen LogP contribution in [0.25, 0.3) is 0 Å². The highest BCUT2D eigenvalue weighted by molar-refractivity contribution is 5.26. The number of allylic oxidation sites excluding steroid dienone is 1. The lowest BCUT2D eigenvalue weighted by Gasteiger charge is -2.58. The summed E-state index contributed by atoms with van der Waals surface area (Å²) in [4.78, 5) is 0. The maximum absolute atomic E-state index is 11.6. The lowest BCUT2D eigenvalue weighted by molar-refractivity contribution is -0.390. The van der Waals surface area contributed by atoms with E-state index in [0.717, 1.165) is 32.1 Å². The molecule has 0 bridgehead atoms. The van der Waals surface area contributed by atoms with E-state index in [9.17, 15) is 61.3 Å². The summed E-state index contributed by atoms with van der Waals surface area (Å²) in [5, 5.41) is 126. The minimum Gasteiger partial charge on any atom is -0.394 e. The Labute approximate surface area is 426 Å². The number of hydrogen-bond donors (Lipinski definition) is 12. The van der Waals surface area contributed by atoms with E-state index in [1.165, 1.54) is 12.5 Å². The van der Waals surface area contributed by atoms with Gasteiger partial charge in [0.1, 0.15) is 85.5 Å². The van der Waals surface area contributed by atoms with E-state index in [-0.39, 0.29) is 41.3 Å². The minimum absolute atomic E-state index is 0.00353.